The molecule has 1 atom stereocenters. The first-order chi connectivity index (χ1) is 12.3. The van der Waals surface area contributed by atoms with Crippen molar-refractivity contribution in [3.63, 3.8) is 0 Å². The third kappa shape index (κ3) is 6.99. The summed E-state index contributed by atoms with van der Waals surface area (Å²) in [6, 6.07) is 12.4. The Bertz CT molecular complexity index is 667. The summed E-state index contributed by atoms with van der Waals surface area (Å²) in [6.07, 6.45) is 3.66. The van der Waals surface area contributed by atoms with Crippen molar-refractivity contribution in [2.45, 2.75) is 26.3 Å². The maximum Gasteiger partial charge on any atom is 0.191 e. The van der Waals surface area contributed by atoms with Crippen LogP contribution in [-0.2, 0) is 17.7 Å². The standard InChI is InChI=1S/C20H27N3O2.HI/c1-16-4-2-5-17(12-16)13-22-20(23-14-18-8-11-24-15-18)21-9-7-19-6-3-10-25-19;/h2-6,10,12,18H,7-9,11,13-15H2,1H3,(H2,21,22,23);1H. The first-order valence-electron chi connectivity index (χ1n) is 8.97. The second kappa shape index (κ2) is 11.2. The smallest absolute Gasteiger partial charge is 0.191 e. The second-order valence-electron chi connectivity index (χ2n) is 6.52. The summed E-state index contributed by atoms with van der Waals surface area (Å²) in [6.45, 7) is 6.15. The molecule has 2 aromatic rings. The van der Waals surface area contributed by atoms with Crippen molar-refractivity contribution in [1.82, 2.24) is 10.6 Å². The van der Waals surface area contributed by atoms with E-state index in [2.05, 4.69) is 41.8 Å². The SMILES string of the molecule is Cc1cccc(CN=C(NCCc2ccco2)NCC2CCOC2)c1.I. The molecule has 1 fully saturated rings. The molecule has 1 aromatic heterocycles. The molecule has 5 nitrogen and oxygen atoms in total. The number of aryl methyl sites for hydroxylation is 1. The van der Waals surface area contributed by atoms with E-state index in [1.165, 1.54) is 11.1 Å². The van der Waals surface area contributed by atoms with E-state index in [1.54, 1.807) is 6.26 Å². The third-order valence-corrected chi connectivity index (χ3v) is 4.33. The van der Waals surface area contributed by atoms with Gasteiger partial charge in [0.25, 0.3) is 0 Å². The number of nitrogens with one attached hydrogen (secondary N) is 2. The van der Waals surface area contributed by atoms with Crippen LogP contribution in [0.25, 0.3) is 0 Å². The maximum absolute atomic E-state index is 5.45. The predicted molar refractivity (Wildman–Crippen MR) is 115 cm³/mol. The van der Waals surface area contributed by atoms with Crippen molar-refractivity contribution < 1.29 is 9.15 Å². The molecule has 6 heteroatoms. The molecule has 0 saturated carbocycles. The van der Waals surface area contributed by atoms with Crippen molar-refractivity contribution in [1.29, 1.82) is 0 Å². The highest BCUT2D eigenvalue weighted by molar-refractivity contribution is 14.0. The van der Waals surface area contributed by atoms with Gasteiger partial charge in [0.2, 0.25) is 0 Å². The van der Waals surface area contributed by atoms with Crippen LogP contribution in [0, 0.1) is 12.8 Å². The summed E-state index contributed by atoms with van der Waals surface area (Å²) in [5.74, 6) is 2.39. The molecule has 1 aliphatic rings. The van der Waals surface area contributed by atoms with Crippen molar-refractivity contribution in [2.24, 2.45) is 10.9 Å². The molecule has 0 spiro atoms. The van der Waals surface area contributed by atoms with Gasteiger partial charge in [-0.1, -0.05) is 29.8 Å². The van der Waals surface area contributed by atoms with E-state index in [4.69, 9.17) is 14.1 Å². The maximum atomic E-state index is 5.45. The minimum Gasteiger partial charge on any atom is -0.469 e. The van der Waals surface area contributed by atoms with Crippen LogP contribution in [-0.4, -0.2) is 32.3 Å². The average molecular weight is 469 g/mol. The number of ether oxygens (including phenoxy) is 1. The Balaban J connectivity index is 0.00000243. The topological polar surface area (TPSA) is 58.8 Å². The predicted octanol–water partition coefficient (Wildman–Crippen LogP) is 3.52. The van der Waals surface area contributed by atoms with Crippen LogP contribution in [0.5, 0.6) is 0 Å². The normalized spacial score (nSPS) is 17.0. The average Bonchev–Trinajstić information content (AvgIpc) is 3.30. The number of hydrogen-bond acceptors (Lipinski definition) is 3. The Hall–Kier alpha value is -1.54. The van der Waals surface area contributed by atoms with E-state index < -0.39 is 0 Å². The number of benzene rings is 1. The van der Waals surface area contributed by atoms with E-state index in [-0.39, 0.29) is 24.0 Å². The van der Waals surface area contributed by atoms with E-state index in [9.17, 15) is 0 Å². The molecule has 1 unspecified atom stereocenters. The van der Waals surface area contributed by atoms with E-state index in [1.807, 2.05) is 12.1 Å². The van der Waals surface area contributed by atoms with Crippen molar-refractivity contribution in [2.75, 3.05) is 26.3 Å². The molecule has 1 aliphatic heterocycles. The summed E-state index contributed by atoms with van der Waals surface area (Å²) >= 11 is 0. The van der Waals surface area contributed by atoms with Gasteiger partial charge in [0.05, 0.1) is 19.4 Å². The number of furan rings is 1. The van der Waals surface area contributed by atoms with E-state index >= 15 is 0 Å². The highest BCUT2D eigenvalue weighted by Gasteiger charge is 2.15. The van der Waals surface area contributed by atoms with E-state index in [0.29, 0.717) is 12.5 Å². The minimum absolute atomic E-state index is 0. The summed E-state index contributed by atoms with van der Waals surface area (Å²) in [5.41, 5.74) is 2.48. The second-order valence-corrected chi connectivity index (χ2v) is 6.52. The van der Waals surface area contributed by atoms with Crippen LogP contribution in [0.1, 0.15) is 23.3 Å². The van der Waals surface area contributed by atoms with Crippen molar-refractivity contribution >= 4 is 29.9 Å². The first kappa shape index (κ1) is 20.8. The number of halogens is 1. The molecule has 2 N–H and O–H groups in total. The molecular formula is C20H28IN3O2. The third-order valence-electron chi connectivity index (χ3n) is 4.33. The van der Waals surface area contributed by atoms with Gasteiger partial charge in [-0.2, -0.15) is 0 Å². The molecule has 142 valence electrons. The lowest BCUT2D eigenvalue weighted by atomic mass is 10.1. The van der Waals surface area contributed by atoms with Crippen LogP contribution in [0.3, 0.4) is 0 Å². The number of rotatable bonds is 7. The van der Waals surface area contributed by atoms with Gasteiger partial charge in [0.15, 0.2) is 5.96 Å². The lowest BCUT2D eigenvalue weighted by Gasteiger charge is -2.15. The number of aliphatic imine (C=N–C) groups is 1. The monoisotopic (exact) mass is 469 g/mol. The fourth-order valence-electron chi connectivity index (χ4n) is 2.90. The first-order valence-corrected chi connectivity index (χ1v) is 8.97. The van der Waals surface area contributed by atoms with Gasteiger partial charge >= 0.3 is 0 Å². The molecule has 1 saturated heterocycles. The molecule has 2 heterocycles. The molecular weight excluding hydrogens is 441 g/mol. The molecule has 1 aromatic carbocycles. The van der Waals surface area contributed by atoms with Crippen LogP contribution in [0.15, 0.2) is 52.1 Å². The quantitative estimate of drug-likeness (QED) is 0.370. The van der Waals surface area contributed by atoms with Crippen molar-refractivity contribution in [3.05, 3.63) is 59.5 Å². The Labute approximate surface area is 172 Å². The largest absolute Gasteiger partial charge is 0.469 e. The Morgan fingerprint density at radius 3 is 2.88 bits per heavy atom. The highest BCUT2D eigenvalue weighted by Crippen LogP contribution is 2.10. The number of nitrogens with zero attached hydrogens (tertiary/aromatic N) is 1. The molecule has 0 amide bonds. The lowest BCUT2D eigenvalue weighted by Crippen LogP contribution is -2.40. The molecule has 0 radical (unpaired) electrons. The van der Waals surface area contributed by atoms with Gasteiger partial charge in [0, 0.05) is 32.0 Å². The van der Waals surface area contributed by atoms with Gasteiger partial charge in [-0.15, -0.1) is 24.0 Å². The summed E-state index contributed by atoms with van der Waals surface area (Å²) in [4.78, 5) is 4.74. The highest BCUT2D eigenvalue weighted by atomic mass is 127. The van der Waals surface area contributed by atoms with Crippen molar-refractivity contribution in [3.8, 4) is 0 Å². The fourth-order valence-corrected chi connectivity index (χ4v) is 2.90. The summed E-state index contributed by atoms with van der Waals surface area (Å²) < 4.78 is 10.8. The minimum atomic E-state index is 0. The Morgan fingerprint density at radius 2 is 2.15 bits per heavy atom. The van der Waals surface area contributed by atoms with Crippen LogP contribution in [0.2, 0.25) is 0 Å². The zero-order chi connectivity index (χ0) is 17.3. The van der Waals surface area contributed by atoms with Gasteiger partial charge in [-0.05, 0) is 31.0 Å². The Morgan fingerprint density at radius 1 is 1.23 bits per heavy atom. The molecule has 26 heavy (non-hydrogen) atoms. The van der Waals surface area contributed by atoms with Gasteiger partial charge in [0.1, 0.15) is 5.76 Å². The van der Waals surface area contributed by atoms with Gasteiger partial charge < -0.3 is 19.8 Å². The summed E-state index contributed by atoms with van der Waals surface area (Å²) in [7, 11) is 0. The number of hydrogen-bond donors (Lipinski definition) is 2. The zero-order valence-corrected chi connectivity index (χ0v) is 17.6. The van der Waals surface area contributed by atoms with Crippen LogP contribution >= 0.6 is 24.0 Å². The molecule has 3 rings (SSSR count). The van der Waals surface area contributed by atoms with Crippen LogP contribution in [0.4, 0.5) is 0 Å². The van der Waals surface area contributed by atoms with Gasteiger partial charge in [-0.3, -0.25) is 0 Å². The Kier molecular flexibility index (Phi) is 8.97. The molecule has 0 aliphatic carbocycles. The fraction of sp³-hybridized carbons (Fsp3) is 0.450. The van der Waals surface area contributed by atoms with Crippen LogP contribution < -0.4 is 10.6 Å². The summed E-state index contributed by atoms with van der Waals surface area (Å²) in [5, 5.41) is 6.86. The number of guanidine groups is 1. The van der Waals surface area contributed by atoms with Gasteiger partial charge in [-0.25, -0.2) is 4.99 Å². The zero-order valence-electron chi connectivity index (χ0n) is 15.2. The van der Waals surface area contributed by atoms with E-state index in [0.717, 1.165) is 50.9 Å². The molecule has 0 bridgehead atoms. The lowest BCUT2D eigenvalue weighted by molar-refractivity contribution is 0.186.